The van der Waals surface area contributed by atoms with Gasteiger partial charge in [-0.2, -0.15) is 0 Å². The maximum atomic E-state index is 5.92. The highest BCUT2D eigenvalue weighted by Crippen LogP contribution is 2.18. The molecule has 0 aromatic heterocycles. The topological polar surface area (TPSA) is 59.3 Å². The van der Waals surface area contributed by atoms with E-state index in [0.717, 1.165) is 45.7 Å². The fourth-order valence-corrected chi connectivity index (χ4v) is 2.60. The summed E-state index contributed by atoms with van der Waals surface area (Å²) in [5.41, 5.74) is 6.06. The zero-order valence-electron chi connectivity index (χ0n) is 9.43. The van der Waals surface area contributed by atoms with E-state index in [9.17, 15) is 0 Å². The Hall–Kier alpha value is -0.160. The fourth-order valence-electron chi connectivity index (χ4n) is 2.60. The molecule has 2 heterocycles. The third kappa shape index (κ3) is 2.91. The van der Waals surface area contributed by atoms with E-state index in [2.05, 4.69) is 10.6 Å². The quantitative estimate of drug-likeness (QED) is 0.609. The number of piperidine rings is 1. The molecule has 2 aliphatic rings. The molecule has 0 amide bonds. The highest BCUT2D eigenvalue weighted by Gasteiger charge is 2.32. The minimum absolute atomic E-state index is 0.139. The van der Waals surface area contributed by atoms with Crippen LogP contribution < -0.4 is 16.4 Å². The lowest BCUT2D eigenvalue weighted by atomic mass is 9.88. The number of rotatable bonds is 3. The molecule has 1 unspecified atom stereocenters. The molecule has 2 rings (SSSR count). The maximum Gasteiger partial charge on any atom is 0.0480 e. The van der Waals surface area contributed by atoms with Gasteiger partial charge in [0, 0.05) is 37.9 Å². The smallest absolute Gasteiger partial charge is 0.0480 e. The van der Waals surface area contributed by atoms with Gasteiger partial charge >= 0.3 is 0 Å². The summed E-state index contributed by atoms with van der Waals surface area (Å²) in [5, 5.41) is 7.20. The number of nitrogens with two attached hydrogens (primary N) is 1. The van der Waals surface area contributed by atoms with Gasteiger partial charge in [0.25, 0.3) is 0 Å². The monoisotopic (exact) mass is 213 g/mol. The Kier molecular flexibility index (Phi) is 3.97. The standard InChI is InChI=1S/C11H23N3O/c12-8-11(4-1-5-13-9-11)14-10-2-6-15-7-3-10/h10,13-14H,1-9,12H2. The first-order valence-corrected chi connectivity index (χ1v) is 6.11. The molecule has 0 aliphatic carbocycles. The van der Waals surface area contributed by atoms with Gasteiger partial charge in [-0.25, -0.2) is 0 Å². The molecular formula is C11H23N3O. The van der Waals surface area contributed by atoms with Gasteiger partial charge in [-0.1, -0.05) is 0 Å². The number of nitrogens with one attached hydrogen (secondary N) is 2. The molecule has 2 saturated heterocycles. The summed E-state index contributed by atoms with van der Waals surface area (Å²) < 4.78 is 5.37. The predicted molar refractivity (Wildman–Crippen MR) is 60.9 cm³/mol. The zero-order chi connectivity index (χ0) is 10.6. The van der Waals surface area contributed by atoms with Crippen LogP contribution in [0.15, 0.2) is 0 Å². The molecule has 0 radical (unpaired) electrons. The lowest BCUT2D eigenvalue weighted by Gasteiger charge is -2.41. The third-order valence-corrected chi connectivity index (χ3v) is 3.59. The molecule has 0 spiro atoms. The van der Waals surface area contributed by atoms with Gasteiger partial charge in [0.15, 0.2) is 0 Å². The number of hydrogen-bond donors (Lipinski definition) is 3. The molecule has 4 nitrogen and oxygen atoms in total. The molecule has 1 atom stereocenters. The summed E-state index contributed by atoms with van der Waals surface area (Å²) in [4.78, 5) is 0. The van der Waals surface area contributed by atoms with Crippen LogP contribution in [0.1, 0.15) is 25.7 Å². The van der Waals surface area contributed by atoms with E-state index in [0.29, 0.717) is 6.04 Å². The van der Waals surface area contributed by atoms with Gasteiger partial charge in [-0.3, -0.25) is 0 Å². The normalized spacial score (nSPS) is 34.2. The molecule has 88 valence electrons. The van der Waals surface area contributed by atoms with Crippen LogP contribution in [0.4, 0.5) is 0 Å². The Morgan fingerprint density at radius 3 is 2.80 bits per heavy atom. The largest absolute Gasteiger partial charge is 0.381 e. The second-order valence-corrected chi connectivity index (χ2v) is 4.80. The molecule has 4 heteroatoms. The van der Waals surface area contributed by atoms with Gasteiger partial charge in [-0.05, 0) is 32.2 Å². The SMILES string of the molecule is NCC1(NC2CCOCC2)CCCNC1. The molecule has 2 aliphatic heterocycles. The summed E-state index contributed by atoms with van der Waals surface area (Å²) in [6.45, 7) is 4.67. The zero-order valence-corrected chi connectivity index (χ0v) is 9.43. The molecule has 0 saturated carbocycles. The van der Waals surface area contributed by atoms with Crippen LogP contribution in [-0.2, 0) is 4.74 Å². The van der Waals surface area contributed by atoms with Crippen molar-refractivity contribution in [3.05, 3.63) is 0 Å². The van der Waals surface area contributed by atoms with Gasteiger partial charge in [-0.15, -0.1) is 0 Å². The van der Waals surface area contributed by atoms with E-state index >= 15 is 0 Å². The van der Waals surface area contributed by atoms with Crippen molar-refractivity contribution in [3.8, 4) is 0 Å². The summed E-state index contributed by atoms with van der Waals surface area (Å²) in [6.07, 6.45) is 4.69. The van der Waals surface area contributed by atoms with Crippen molar-refractivity contribution in [1.82, 2.24) is 10.6 Å². The fraction of sp³-hybridized carbons (Fsp3) is 1.00. The molecule has 4 N–H and O–H groups in total. The van der Waals surface area contributed by atoms with Crippen molar-refractivity contribution in [1.29, 1.82) is 0 Å². The highest BCUT2D eigenvalue weighted by atomic mass is 16.5. The third-order valence-electron chi connectivity index (χ3n) is 3.59. The number of hydrogen-bond acceptors (Lipinski definition) is 4. The molecule has 0 aromatic rings. The Bertz CT molecular complexity index is 186. The van der Waals surface area contributed by atoms with E-state index in [1.807, 2.05) is 0 Å². The Morgan fingerprint density at radius 1 is 1.40 bits per heavy atom. The summed E-state index contributed by atoms with van der Waals surface area (Å²) in [5.74, 6) is 0. The molecule has 0 bridgehead atoms. The molecule has 15 heavy (non-hydrogen) atoms. The minimum atomic E-state index is 0.139. The maximum absolute atomic E-state index is 5.92. The predicted octanol–water partition coefficient (Wildman–Crippen LogP) is -0.164. The van der Waals surface area contributed by atoms with Crippen LogP contribution in [0.5, 0.6) is 0 Å². The summed E-state index contributed by atoms with van der Waals surface area (Å²) >= 11 is 0. The second kappa shape index (κ2) is 5.25. The van der Waals surface area contributed by atoms with Crippen LogP contribution in [0.3, 0.4) is 0 Å². The van der Waals surface area contributed by atoms with E-state index in [-0.39, 0.29) is 5.54 Å². The molecular weight excluding hydrogens is 190 g/mol. The lowest BCUT2D eigenvalue weighted by molar-refractivity contribution is 0.0649. The lowest BCUT2D eigenvalue weighted by Crippen LogP contribution is -2.63. The Morgan fingerprint density at radius 2 is 2.20 bits per heavy atom. The number of ether oxygens (including phenoxy) is 1. The molecule has 0 aromatic carbocycles. The van der Waals surface area contributed by atoms with Crippen molar-refractivity contribution < 1.29 is 4.74 Å². The van der Waals surface area contributed by atoms with Crippen molar-refractivity contribution in [2.45, 2.75) is 37.3 Å². The second-order valence-electron chi connectivity index (χ2n) is 4.80. The first kappa shape index (κ1) is 11.3. The van der Waals surface area contributed by atoms with Crippen LogP contribution in [0, 0.1) is 0 Å². The first-order valence-electron chi connectivity index (χ1n) is 6.11. The minimum Gasteiger partial charge on any atom is -0.381 e. The van der Waals surface area contributed by atoms with Crippen molar-refractivity contribution >= 4 is 0 Å². The van der Waals surface area contributed by atoms with Gasteiger partial charge in [0.2, 0.25) is 0 Å². The average molecular weight is 213 g/mol. The van der Waals surface area contributed by atoms with E-state index in [1.54, 1.807) is 0 Å². The van der Waals surface area contributed by atoms with Gasteiger partial charge < -0.3 is 21.1 Å². The van der Waals surface area contributed by atoms with Gasteiger partial charge in [0.1, 0.15) is 0 Å². The van der Waals surface area contributed by atoms with Crippen LogP contribution in [-0.4, -0.2) is 44.4 Å². The van der Waals surface area contributed by atoms with Crippen LogP contribution >= 0.6 is 0 Å². The van der Waals surface area contributed by atoms with E-state index < -0.39 is 0 Å². The molecule has 2 fully saturated rings. The van der Waals surface area contributed by atoms with Crippen molar-refractivity contribution in [3.63, 3.8) is 0 Å². The van der Waals surface area contributed by atoms with Crippen LogP contribution in [0.25, 0.3) is 0 Å². The van der Waals surface area contributed by atoms with E-state index in [1.165, 1.54) is 12.8 Å². The summed E-state index contributed by atoms with van der Waals surface area (Å²) in [6, 6.07) is 0.599. The van der Waals surface area contributed by atoms with Crippen molar-refractivity contribution in [2.75, 3.05) is 32.8 Å². The van der Waals surface area contributed by atoms with Crippen molar-refractivity contribution in [2.24, 2.45) is 5.73 Å². The van der Waals surface area contributed by atoms with E-state index in [4.69, 9.17) is 10.5 Å². The van der Waals surface area contributed by atoms with Gasteiger partial charge in [0.05, 0.1) is 0 Å². The first-order chi connectivity index (χ1) is 7.35. The average Bonchev–Trinajstić information content (AvgIpc) is 2.32. The van der Waals surface area contributed by atoms with Crippen LogP contribution in [0.2, 0.25) is 0 Å². The Labute approximate surface area is 91.9 Å². The summed E-state index contributed by atoms with van der Waals surface area (Å²) in [7, 11) is 0. The Balaban J connectivity index is 1.87. The highest BCUT2D eigenvalue weighted by molar-refractivity contribution is 4.96.